The first-order chi connectivity index (χ1) is 19.0. The average molecular weight is 538 g/mol. The van der Waals surface area contributed by atoms with Crippen molar-refractivity contribution < 1.29 is 23.7 Å². The molecule has 210 valence electrons. The standard InChI is InChI=1S/C29H39N5O5/c1-22-17-23(2)34(31-22)10-7-28(35)33(20-24-5-8-30-9-6-24)21-25-18-26(36-3)29(27(19-25)37-4)39-16-13-32-11-14-38-15-12-32/h5-6,8-9,17-19H,7,10-16,20-21H2,1-4H3. The van der Waals surface area contributed by atoms with Gasteiger partial charge < -0.3 is 23.8 Å². The van der Waals surface area contributed by atoms with Gasteiger partial charge in [-0.05, 0) is 55.3 Å². The molecule has 1 saturated heterocycles. The van der Waals surface area contributed by atoms with Crippen LogP contribution in [0.2, 0.25) is 0 Å². The number of carbonyl (C=O) groups is 1. The van der Waals surface area contributed by atoms with Gasteiger partial charge >= 0.3 is 0 Å². The summed E-state index contributed by atoms with van der Waals surface area (Å²) in [6.45, 7) is 9.92. The molecule has 0 spiro atoms. The van der Waals surface area contributed by atoms with Crippen molar-refractivity contribution >= 4 is 5.91 Å². The first-order valence-electron chi connectivity index (χ1n) is 13.3. The number of methoxy groups -OCH3 is 2. The summed E-state index contributed by atoms with van der Waals surface area (Å²) in [5.74, 6) is 1.74. The van der Waals surface area contributed by atoms with Crippen LogP contribution in [0.15, 0.2) is 42.7 Å². The number of nitrogens with zero attached hydrogens (tertiary/aromatic N) is 5. The van der Waals surface area contributed by atoms with Gasteiger partial charge in [0.1, 0.15) is 6.61 Å². The Morgan fingerprint density at radius 3 is 2.26 bits per heavy atom. The van der Waals surface area contributed by atoms with E-state index in [0.717, 1.165) is 55.4 Å². The van der Waals surface area contributed by atoms with Crippen molar-refractivity contribution in [3.05, 3.63) is 65.2 Å². The molecule has 1 fully saturated rings. The fourth-order valence-electron chi connectivity index (χ4n) is 4.69. The average Bonchev–Trinajstić information content (AvgIpc) is 3.29. The van der Waals surface area contributed by atoms with E-state index in [-0.39, 0.29) is 5.91 Å². The molecule has 0 N–H and O–H groups in total. The molecular weight excluding hydrogens is 498 g/mol. The molecule has 10 heteroatoms. The molecule has 0 aliphatic carbocycles. The second-order valence-corrected chi connectivity index (χ2v) is 9.64. The molecular formula is C29H39N5O5. The van der Waals surface area contributed by atoms with E-state index in [2.05, 4.69) is 15.0 Å². The lowest BCUT2D eigenvalue weighted by Crippen LogP contribution is -2.38. The minimum atomic E-state index is 0.0307. The van der Waals surface area contributed by atoms with E-state index >= 15 is 0 Å². The van der Waals surface area contributed by atoms with Crippen molar-refractivity contribution in [1.82, 2.24) is 24.6 Å². The number of hydrogen-bond donors (Lipinski definition) is 0. The van der Waals surface area contributed by atoms with E-state index in [9.17, 15) is 4.79 Å². The van der Waals surface area contributed by atoms with Gasteiger partial charge in [0.15, 0.2) is 11.5 Å². The molecule has 0 radical (unpaired) electrons. The van der Waals surface area contributed by atoms with Gasteiger partial charge in [-0.3, -0.25) is 19.4 Å². The van der Waals surface area contributed by atoms with E-state index < -0.39 is 0 Å². The third-order valence-electron chi connectivity index (χ3n) is 6.77. The monoisotopic (exact) mass is 537 g/mol. The lowest BCUT2D eigenvalue weighted by molar-refractivity contribution is -0.132. The fourth-order valence-corrected chi connectivity index (χ4v) is 4.69. The smallest absolute Gasteiger partial charge is 0.225 e. The Morgan fingerprint density at radius 2 is 1.64 bits per heavy atom. The molecule has 39 heavy (non-hydrogen) atoms. The number of pyridine rings is 1. The van der Waals surface area contributed by atoms with Crippen molar-refractivity contribution in [2.75, 3.05) is 53.7 Å². The van der Waals surface area contributed by atoms with E-state index in [1.165, 1.54) is 0 Å². The number of morpholine rings is 1. The van der Waals surface area contributed by atoms with Gasteiger partial charge in [0.05, 0.1) is 33.1 Å². The molecule has 0 unspecified atom stereocenters. The predicted octanol–water partition coefficient (Wildman–Crippen LogP) is 3.24. The van der Waals surface area contributed by atoms with Crippen LogP contribution >= 0.6 is 0 Å². The Balaban J connectivity index is 1.49. The molecule has 2 aromatic heterocycles. The highest BCUT2D eigenvalue weighted by Crippen LogP contribution is 2.39. The Hall–Kier alpha value is -3.63. The molecule has 1 aliphatic rings. The maximum atomic E-state index is 13.5. The summed E-state index contributed by atoms with van der Waals surface area (Å²) in [4.78, 5) is 21.7. The quantitative estimate of drug-likeness (QED) is 0.328. The molecule has 0 atom stereocenters. The maximum Gasteiger partial charge on any atom is 0.225 e. The highest BCUT2D eigenvalue weighted by Gasteiger charge is 2.20. The highest BCUT2D eigenvalue weighted by atomic mass is 16.5. The SMILES string of the molecule is COc1cc(CN(Cc2ccncc2)C(=O)CCn2nc(C)cc2C)cc(OC)c1OCCN1CCOCC1. The van der Waals surface area contributed by atoms with Gasteiger partial charge in [0, 0.05) is 63.8 Å². The normalized spacial score (nSPS) is 13.7. The van der Waals surface area contributed by atoms with Crippen molar-refractivity contribution in [3.8, 4) is 17.2 Å². The Kier molecular flexibility index (Phi) is 10.2. The first-order valence-corrected chi connectivity index (χ1v) is 13.3. The number of aryl methyl sites for hydroxylation is 3. The van der Waals surface area contributed by atoms with Gasteiger partial charge in [0.2, 0.25) is 11.7 Å². The van der Waals surface area contributed by atoms with E-state index in [1.54, 1.807) is 26.6 Å². The van der Waals surface area contributed by atoms with Crippen LogP contribution in [0.5, 0.6) is 17.2 Å². The Morgan fingerprint density at radius 1 is 0.974 bits per heavy atom. The van der Waals surface area contributed by atoms with Gasteiger partial charge in [-0.2, -0.15) is 5.10 Å². The molecule has 1 aliphatic heterocycles. The van der Waals surface area contributed by atoms with Crippen molar-refractivity contribution in [1.29, 1.82) is 0 Å². The molecule has 10 nitrogen and oxygen atoms in total. The molecule has 3 aromatic rings. The number of aromatic nitrogens is 3. The zero-order chi connectivity index (χ0) is 27.6. The number of hydrogen-bond acceptors (Lipinski definition) is 8. The lowest BCUT2D eigenvalue weighted by atomic mass is 10.1. The van der Waals surface area contributed by atoms with Crippen LogP contribution in [0.1, 0.15) is 28.9 Å². The summed E-state index contributed by atoms with van der Waals surface area (Å²) < 4.78 is 24.8. The van der Waals surface area contributed by atoms with Crippen LogP contribution in [-0.2, 0) is 29.2 Å². The Bertz CT molecular complexity index is 1190. The number of carbonyl (C=O) groups excluding carboxylic acids is 1. The van der Waals surface area contributed by atoms with E-state index in [4.69, 9.17) is 18.9 Å². The van der Waals surface area contributed by atoms with Crippen LogP contribution in [0.4, 0.5) is 0 Å². The van der Waals surface area contributed by atoms with Gasteiger partial charge in [0.25, 0.3) is 0 Å². The topological polar surface area (TPSA) is 91.2 Å². The molecule has 0 saturated carbocycles. The largest absolute Gasteiger partial charge is 0.493 e. The molecule has 1 amide bonds. The number of benzene rings is 1. The van der Waals surface area contributed by atoms with Crippen molar-refractivity contribution in [2.24, 2.45) is 0 Å². The second-order valence-electron chi connectivity index (χ2n) is 9.64. The van der Waals surface area contributed by atoms with Crippen molar-refractivity contribution in [3.63, 3.8) is 0 Å². The summed E-state index contributed by atoms with van der Waals surface area (Å²) in [6, 6.07) is 9.70. The van der Waals surface area contributed by atoms with Gasteiger partial charge in [-0.1, -0.05) is 0 Å². The molecule has 3 heterocycles. The van der Waals surface area contributed by atoms with Crippen LogP contribution in [0.3, 0.4) is 0 Å². The summed E-state index contributed by atoms with van der Waals surface area (Å²) in [6.07, 6.45) is 3.82. The minimum Gasteiger partial charge on any atom is -0.493 e. The van der Waals surface area contributed by atoms with Crippen LogP contribution in [0.25, 0.3) is 0 Å². The molecule has 4 rings (SSSR count). The third-order valence-corrected chi connectivity index (χ3v) is 6.77. The maximum absolute atomic E-state index is 13.5. The zero-order valence-electron chi connectivity index (χ0n) is 23.4. The van der Waals surface area contributed by atoms with E-state index in [0.29, 0.717) is 49.9 Å². The van der Waals surface area contributed by atoms with Crippen LogP contribution in [0, 0.1) is 13.8 Å². The van der Waals surface area contributed by atoms with Crippen LogP contribution in [-0.4, -0.2) is 84.1 Å². The minimum absolute atomic E-state index is 0.0307. The first kappa shape index (κ1) is 28.4. The van der Waals surface area contributed by atoms with Gasteiger partial charge in [-0.15, -0.1) is 0 Å². The van der Waals surface area contributed by atoms with Crippen LogP contribution < -0.4 is 14.2 Å². The summed E-state index contributed by atoms with van der Waals surface area (Å²) >= 11 is 0. The second kappa shape index (κ2) is 14.0. The zero-order valence-corrected chi connectivity index (χ0v) is 23.4. The summed E-state index contributed by atoms with van der Waals surface area (Å²) in [5, 5.41) is 4.50. The molecule has 0 bridgehead atoms. The number of rotatable bonds is 13. The third kappa shape index (κ3) is 7.93. The summed E-state index contributed by atoms with van der Waals surface area (Å²) in [5.41, 5.74) is 3.88. The Labute approximate surface area is 230 Å². The highest BCUT2D eigenvalue weighted by molar-refractivity contribution is 5.76. The van der Waals surface area contributed by atoms with E-state index in [1.807, 2.05) is 53.8 Å². The predicted molar refractivity (Wildman–Crippen MR) is 147 cm³/mol. The van der Waals surface area contributed by atoms with Gasteiger partial charge in [-0.25, -0.2) is 0 Å². The molecule has 1 aromatic carbocycles. The number of amides is 1. The summed E-state index contributed by atoms with van der Waals surface area (Å²) in [7, 11) is 3.23. The fraction of sp³-hybridized carbons (Fsp3) is 0.483. The van der Waals surface area contributed by atoms with Crippen molar-refractivity contribution in [2.45, 2.75) is 39.9 Å². The number of ether oxygens (including phenoxy) is 4. The lowest BCUT2D eigenvalue weighted by Gasteiger charge is -2.27.